The van der Waals surface area contributed by atoms with Crippen LogP contribution in [0.4, 0.5) is 0 Å². The standard InChI is InChI=1S/C28H34ClN5O3/c1-28(2,3)15-24(35)14-26-31-34(27(36)33(26)21-6-4-5-20(29)13-21)25-10-7-19(16-30-25)11-12-32-22-8-9-23(32)18-37-17-22/h4-7,10,13,16,22-23H,8-9,11-12,14-15,17-18H2,1-3H3. The number of morpholine rings is 1. The van der Waals surface area contributed by atoms with Crippen LogP contribution < -0.4 is 5.69 Å². The molecule has 37 heavy (non-hydrogen) atoms. The number of halogens is 1. The van der Waals surface area contributed by atoms with Gasteiger partial charge in [0.2, 0.25) is 0 Å². The average molecular weight is 524 g/mol. The van der Waals surface area contributed by atoms with Crippen molar-refractivity contribution in [3.63, 3.8) is 0 Å². The third-order valence-electron chi connectivity index (χ3n) is 7.07. The fraction of sp³-hybridized carbons (Fsp3) is 0.500. The summed E-state index contributed by atoms with van der Waals surface area (Å²) in [5.74, 6) is 0.814. The summed E-state index contributed by atoms with van der Waals surface area (Å²) in [6.45, 7) is 8.68. The lowest BCUT2D eigenvalue weighted by atomic mass is 9.89. The molecule has 2 fully saturated rings. The molecule has 0 radical (unpaired) electrons. The number of benzene rings is 1. The average Bonchev–Trinajstić information content (AvgIpc) is 3.26. The Labute approximate surface area is 222 Å². The molecule has 196 valence electrons. The van der Waals surface area contributed by atoms with Gasteiger partial charge in [-0.2, -0.15) is 4.68 Å². The number of nitrogens with zero attached hydrogens (tertiary/aromatic N) is 5. The summed E-state index contributed by atoms with van der Waals surface area (Å²) in [6.07, 6.45) is 5.56. The minimum absolute atomic E-state index is 0.0216. The summed E-state index contributed by atoms with van der Waals surface area (Å²) in [4.78, 5) is 33.5. The van der Waals surface area contributed by atoms with Crippen molar-refractivity contribution in [3.05, 3.63) is 69.5 Å². The molecule has 5 rings (SSSR count). The fourth-order valence-electron chi connectivity index (χ4n) is 5.40. The third-order valence-corrected chi connectivity index (χ3v) is 7.31. The molecular formula is C28H34ClN5O3. The highest BCUT2D eigenvalue weighted by molar-refractivity contribution is 6.30. The zero-order chi connectivity index (χ0) is 26.2. The predicted molar refractivity (Wildman–Crippen MR) is 143 cm³/mol. The molecule has 9 heteroatoms. The van der Waals surface area contributed by atoms with Crippen molar-refractivity contribution in [3.8, 4) is 11.5 Å². The molecular weight excluding hydrogens is 490 g/mol. The van der Waals surface area contributed by atoms with Gasteiger partial charge < -0.3 is 4.74 Å². The number of pyridine rings is 1. The Morgan fingerprint density at radius 2 is 1.89 bits per heavy atom. The Morgan fingerprint density at radius 1 is 1.14 bits per heavy atom. The van der Waals surface area contributed by atoms with Crippen molar-refractivity contribution >= 4 is 17.4 Å². The maximum atomic E-state index is 13.5. The van der Waals surface area contributed by atoms with Crippen molar-refractivity contribution in [2.45, 2.75) is 65.0 Å². The first-order valence-corrected chi connectivity index (χ1v) is 13.3. The molecule has 2 unspecified atom stereocenters. The molecule has 0 aliphatic carbocycles. The maximum absolute atomic E-state index is 13.5. The van der Waals surface area contributed by atoms with E-state index in [0.29, 0.717) is 40.9 Å². The monoisotopic (exact) mass is 523 g/mol. The molecule has 0 saturated carbocycles. The number of carbonyl (C=O) groups excluding carboxylic acids is 1. The second-order valence-corrected chi connectivity index (χ2v) is 11.8. The van der Waals surface area contributed by atoms with Gasteiger partial charge in [0.25, 0.3) is 0 Å². The van der Waals surface area contributed by atoms with Crippen LogP contribution in [0.3, 0.4) is 0 Å². The molecule has 2 bridgehead atoms. The first-order valence-electron chi connectivity index (χ1n) is 13.0. The van der Waals surface area contributed by atoms with Crippen LogP contribution in [0.5, 0.6) is 0 Å². The zero-order valence-corrected chi connectivity index (χ0v) is 22.4. The summed E-state index contributed by atoms with van der Waals surface area (Å²) >= 11 is 6.21. The summed E-state index contributed by atoms with van der Waals surface area (Å²) in [5.41, 5.74) is 1.14. The molecule has 8 nitrogen and oxygen atoms in total. The Morgan fingerprint density at radius 3 is 2.54 bits per heavy atom. The van der Waals surface area contributed by atoms with Gasteiger partial charge in [-0.15, -0.1) is 5.10 Å². The topological polar surface area (TPSA) is 82.2 Å². The van der Waals surface area contributed by atoms with Gasteiger partial charge in [0.05, 0.1) is 25.3 Å². The quantitative estimate of drug-likeness (QED) is 0.443. The molecule has 4 heterocycles. The number of ether oxygens (including phenoxy) is 1. The van der Waals surface area contributed by atoms with Crippen molar-refractivity contribution in [2.75, 3.05) is 19.8 Å². The van der Waals surface area contributed by atoms with E-state index in [2.05, 4.69) is 15.0 Å². The second kappa shape index (κ2) is 10.5. The van der Waals surface area contributed by atoms with Gasteiger partial charge in [0.15, 0.2) is 5.82 Å². The predicted octanol–water partition coefficient (Wildman–Crippen LogP) is 4.03. The lowest BCUT2D eigenvalue weighted by molar-refractivity contribution is -0.120. The number of rotatable bonds is 8. The Kier molecular flexibility index (Phi) is 7.34. The SMILES string of the molecule is CC(C)(C)CC(=O)Cc1nn(-c2ccc(CCN3C4CCC3COC4)cn2)c(=O)n1-c1cccc(Cl)c1. The van der Waals surface area contributed by atoms with Crippen molar-refractivity contribution in [1.82, 2.24) is 24.2 Å². The van der Waals surface area contributed by atoms with E-state index in [1.165, 1.54) is 22.1 Å². The zero-order valence-electron chi connectivity index (χ0n) is 21.7. The van der Waals surface area contributed by atoms with Crippen LogP contribution in [0.1, 0.15) is 51.4 Å². The molecule has 2 atom stereocenters. The highest BCUT2D eigenvalue weighted by Gasteiger charge is 2.36. The number of fused-ring (bicyclic) bond motifs is 2. The first kappa shape index (κ1) is 25.8. The van der Waals surface area contributed by atoms with Gasteiger partial charge in [-0.3, -0.25) is 9.69 Å². The minimum atomic E-state index is -0.383. The molecule has 0 spiro atoms. The molecule has 2 aliphatic rings. The molecule has 2 aromatic heterocycles. The minimum Gasteiger partial charge on any atom is -0.378 e. The Bertz CT molecular complexity index is 1310. The van der Waals surface area contributed by atoms with E-state index < -0.39 is 0 Å². The molecule has 0 N–H and O–H groups in total. The van der Waals surface area contributed by atoms with Crippen LogP contribution in [0, 0.1) is 5.41 Å². The lowest BCUT2D eigenvalue weighted by Crippen LogP contribution is -2.46. The highest BCUT2D eigenvalue weighted by atomic mass is 35.5. The van der Waals surface area contributed by atoms with E-state index >= 15 is 0 Å². The number of ketones is 1. The van der Waals surface area contributed by atoms with Gasteiger partial charge in [0.1, 0.15) is 11.6 Å². The van der Waals surface area contributed by atoms with Crippen LogP contribution >= 0.6 is 11.6 Å². The van der Waals surface area contributed by atoms with E-state index in [-0.39, 0.29) is 23.3 Å². The van der Waals surface area contributed by atoms with E-state index in [1.54, 1.807) is 24.3 Å². The van der Waals surface area contributed by atoms with Crippen molar-refractivity contribution in [1.29, 1.82) is 0 Å². The van der Waals surface area contributed by atoms with Crippen LogP contribution in [0.25, 0.3) is 11.5 Å². The smallest absolute Gasteiger partial charge is 0.356 e. The van der Waals surface area contributed by atoms with Gasteiger partial charge in [-0.1, -0.05) is 44.5 Å². The molecule has 2 saturated heterocycles. The van der Waals surface area contributed by atoms with E-state index in [0.717, 1.165) is 31.7 Å². The molecule has 3 aromatic rings. The third kappa shape index (κ3) is 5.87. The molecule has 0 amide bonds. The van der Waals surface area contributed by atoms with E-state index in [4.69, 9.17) is 16.3 Å². The summed E-state index contributed by atoms with van der Waals surface area (Å²) in [7, 11) is 0. The lowest BCUT2D eigenvalue weighted by Gasteiger charge is -2.34. The summed E-state index contributed by atoms with van der Waals surface area (Å²) < 4.78 is 8.41. The van der Waals surface area contributed by atoms with Crippen molar-refractivity contribution < 1.29 is 9.53 Å². The summed E-state index contributed by atoms with van der Waals surface area (Å²) in [6, 6.07) is 11.9. The highest BCUT2D eigenvalue weighted by Crippen LogP contribution is 2.28. The first-order chi connectivity index (χ1) is 17.7. The molecule has 2 aliphatic heterocycles. The number of carbonyl (C=O) groups is 1. The maximum Gasteiger partial charge on any atom is 0.356 e. The number of Topliss-reactive ketones (excluding diaryl/α,β-unsaturated/α-hetero) is 1. The van der Waals surface area contributed by atoms with Gasteiger partial charge in [-0.05, 0) is 54.5 Å². The van der Waals surface area contributed by atoms with E-state index in [9.17, 15) is 9.59 Å². The van der Waals surface area contributed by atoms with Crippen LogP contribution in [-0.2, 0) is 22.4 Å². The Balaban J connectivity index is 1.39. The normalized spacial score (nSPS) is 19.9. The number of hydrogen-bond acceptors (Lipinski definition) is 6. The summed E-state index contributed by atoms with van der Waals surface area (Å²) in [5, 5.41) is 5.05. The van der Waals surface area contributed by atoms with Crippen LogP contribution in [0.2, 0.25) is 5.02 Å². The molecule has 1 aromatic carbocycles. The fourth-order valence-corrected chi connectivity index (χ4v) is 5.59. The van der Waals surface area contributed by atoms with Crippen LogP contribution in [0.15, 0.2) is 47.4 Å². The van der Waals surface area contributed by atoms with Gasteiger partial charge in [0, 0.05) is 36.3 Å². The second-order valence-electron chi connectivity index (χ2n) is 11.3. The van der Waals surface area contributed by atoms with E-state index in [1.807, 2.05) is 39.1 Å². The van der Waals surface area contributed by atoms with Gasteiger partial charge >= 0.3 is 5.69 Å². The number of hydrogen-bond donors (Lipinski definition) is 0. The van der Waals surface area contributed by atoms with Crippen molar-refractivity contribution in [2.24, 2.45) is 5.41 Å². The Hall–Kier alpha value is -2.81. The van der Waals surface area contributed by atoms with Gasteiger partial charge in [-0.25, -0.2) is 14.3 Å². The van der Waals surface area contributed by atoms with Crippen LogP contribution in [-0.4, -0.2) is 61.9 Å². The largest absolute Gasteiger partial charge is 0.378 e. The number of aromatic nitrogens is 4.